The minimum Gasteiger partial charge on any atom is -0.333 e. The zero-order valence-electron chi connectivity index (χ0n) is 15.0. The molecule has 0 bridgehead atoms. The zero-order valence-corrected chi connectivity index (χ0v) is 15.0. The van der Waals surface area contributed by atoms with Gasteiger partial charge in [-0.05, 0) is 41.7 Å². The van der Waals surface area contributed by atoms with E-state index >= 15 is 0 Å². The summed E-state index contributed by atoms with van der Waals surface area (Å²) < 4.78 is 1.75. The second kappa shape index (κ2) is 7.58. The van der Waals surface area contributed by atoms with Crippen LogP contribution in [-0.4, -0.2) is 26.9 Å². The predicted molar refractivity (Wildman–Crippen MR) is 104 cm³/mol. The first-order chi connectivity index (χ1) is 13.2. The van der Waals surface area contributed by atoms with Crippen LogP contribution < -0.4 is 5.56 Å². The minimum atomic E-state index is -0.0664. The smallest absolute Gasteiger partial charge is 0.272 e. The monoisotopic (exact) mass is 359 g/mol. The zero-order chi connectivity index (χ0) is 18.6. The standard InChI is InChI=1S/C22H21N3O2/c26-21-14-18-10-13-25(22(27)20-8-4-5-11-23-20)16-19(18)15-24(21)12-9-17-6-2-1-3-7-17/h1-8,11,14-15H,9-10,12-13,16H2. The highest BCUT2D eigenvalue weighted by Crippen LogP contribution is 2.19. The van der Waals surface area contributed by atoms with Crippen LogP contribution in [0.2, 0.25) is 0 Å². The van der Waals surface area contributed by atoms with Gasteiger partial charge >= 0.3 is 0 Å². The maximum atomic E-state index is 12.7. The van der Waals surface area contributed by atoms with E-state index < -0.39 is 0 Å². The van der Waals surface area contributed by atoms with E-state index in [9.17, 15) is 9.59 Å². The molecular formula is C22H21N3O2. The molecule has 0 radical (unpaired) electrons. The molecule has 1 amide bonds. The average molecular weight is 359 g/mol. The third kappa shape index (κ3) is 3.82. The maximum absolute atomic E-state index is 12.7. The maximum Gasteiger partial charge on any atom is 0.272 e. The largest absolute Gasteiger partial charge is 0.333 e. The first kappa shape index (κ1) is 17.2. The lowest BCUT2D eigenvalue weighted by atomic mass is 10.0. The Bertz CT molecular complexity index is 997. The first-order valence-electron chi connectivity index (χ1n) is 9.17. The lowest BCUT2D eigenvalue weighted by molar-refractivity contribution is 0.0728. The molecule has 5 nitrogen and oxygen atoms in total. The van der Waals surface area contributed by atoms with E-state index in [0.717, 1.165) is 17.5 Å². The summed E-state index contributed by atoms with van der Waals surface area (Å²) in [6.45, 7) is 1.75. The number of rotatable bonds is 4. The van der Waals surface area contributed by atoms with Crippen LogP contribution in [0.3, 0.4) is 0 Å². The van der Waals surface area contributed by atoms with Crippen molar-refractivity contribution in [1.82, 2.24) is 14.5 Å². The fourth-order valence-electron chi connectivity index (χ4n) is 3.47. The van der Waals surface area contributed by atoms with E-state index in [1.807, 2.05) is 30.5 Å². The van der Waals surface area contributed by atoms with Gasteiger partial charge in [-0.3, -0.25) is 14.6 Å². The Morgan fingerprint density at radius 2 is 1.85 bits per heavy atom. The van der Waals surface area contributed by atoms with Crippen LogP contribution in [-0.2, 0) is 25.9 Å². The van der Waals surface area contributed by atoms with E-state index in [1.54, 1.807) is 33.9 Å². The summed E-state index contributed by atoms with van der Waals surface area (Å²) in [5, 5.41) is 0. The molecule has 5 heteroatoms. The average Bonchev–Trinajstić information content (AvgIpc) is 2.73. The Hall–Kier alpha value is -3.21. The number of pyridine rings is 2. The lowest BCUT2D eigenvalue weighted by Crippen LogP contribution is -2.37. The van der Waals surface area contributed by atoms with Gasteiger partial charge in [-0.2, -0.15) is 0 Å². The van der Waals surface area contributed by atoms with Crippen LogP contribution in [0.5, 0.6) is 0 Å². The SMILES string of the molecule is O=C(c1ccccn1)N1CCc2cc(=O)n(CCc3ccccc3)cc2C1. The van der Waals surface area contributed by atoms with Crippen LogP contribution in [0.1, 0.15) is 27.2 Å². The molecule has 0 saturated carbocycles. The molecule has 1 aliphatic heterocycles. The molecular weight excluding hydrogens is 338 g/mol. The normalized spacial score (nSPS) is 13.3. The second-order valence-corrected chi connectivity index (χ2v) is 6.78. The van der Waals surface area contributed by atoms with Gasteiger partial charge in [-0.1, -0.05) is 36.4 Å². The van der Waals surface area contributed by atoms with Gasteiger partial charge in [0.15, 0.2) is 0 Å². The summed E-state index contributed by atoms with van der Waals surface area (Å²) in [7, 11) is 0. The topological polar surface area (TPSA) is 55.2 Å². The quantitative estimate of drug-likeness (QED) is 0.720. The highest BCUT2D eigenvalue weighted by molar-refractivity contribution is 5.92. The Balaban J connectivity index is 1.52. The molecule has 0 aliphatic carbocycles. The third-order valence-electron chi connectivity index (χ3n) is 4.97. The van der Waals surface area contributed by atoms with E-state index in [1.165, 1.54) is 5.56 Å². The highest BCUT2D eigenvalue weighted by Gasteiger charge is 2.23. The van der Waals surface area contributed by atoms with E-state index in [2.05, 4.69) is 17.1 Å². The first-order valence-corrected chi connectivity index (χ1v) is 9.17. The number of amides is 1. The lowest BCUT2D eigenvalue weighted by Gasteiger charge is -2.29. The molecule has 1 aromatic carbocycles. The van der Waals surface area contributed by atoms with Gasteiger partial charge in [0, 0.05) is 38.1 Å². The molecule has 3 heterocycles. The molecule has 27 heavy (non-hydrogen) atoms. The molecule has 0 N–H and O–H groups in total. The number of benzene rings is 1. The van der Waals surface area contributed by atoms with Gasteiger partial charge < -0.3 is 9.47 Å². The summed E-state index contributed by atoms with van der Waals surface area (Å²) in [5.74, 6) is -0.0664. The van der Waals surface area contributed by atoms with E-state index in [4.69, 9.17) is 0 Å². The molecule has 2 aromatic heterocycles. The Morgan fingerprint density at radius 1 is 1.04 bits per heavy atom. The fourth-order valence-corrected chi connectivity index (χ4v) is 3.47. The summed E-state index contributed by atoms with van der Waals surface area (Å²) in [6, 6.07) is 17.2. The van der Waals surface area contributed by atoms with Crippen molar-refractivity contribution in [3.63, 3.8) is 0 Å². The minimum absolute atomic E-state index is 0.0224. The number of hydrogen-bond acceptors (Lipinski definition) is 3. The molecule has 0 fully saturated rings. The van der Waals surface area contributed by atoms with Gasteiger partial charge in [0.2, 0.25) is 0 Å². The molecule has 3 aromatic rings. The van der Waals surface area contributed by atoms with Gasteiger partial charge in [0.1, 0.15) is 5.69 Å². The fraction of sp³-hybridized carbons (Fsp3) is 0.227. The number of aromatic nitrogens is 2. The van der Waals surface area contributed by atoms with Crippen LogP contribution in [0.4, 0.5) is 0 Å². The van der Waals surface area contributed by atoms with Crippen molar-refractivity contribution in [2.75, 3.05) is 6.54 Å². The molecule has 0 unspecified atom stereocenters. The molecule has 0 spiro atoms. The van der Waals surface area contributed by atoms with Crippen molar-refractivity contribution in [2.24, 2.45) is 0 Å². The third-order valence-corrected chi connectivity index (χ3v) is 4.97. The molecule has 4 rings (SSSR count). The summed E-state index contributed by atoms with van der Waals surface area (Å²) >= 11 is 0. The van der Waals surface area contributed by atoms with E-state index in [0.29, 0.717) is 31.7 Å². The number of carbonyl (C=O) groups is 1. The van der Waals surface area contributed by atoms with Crippen LogP contribution in [0.15, 0.2) is 71.8 Å². The Labute approximate surface area is 157 Å². The van der Waals surface area contributed by atoms with Crippen molar-refractivity contribution in [2.45, 2.75) is 25.9 Å². The Kier molecular flexibility index (Phi) is 4.83. The number of aryl methyl sites for hydroxylation is 2. The van der Waals surface area contributed by atoms with Crippen LogP contribution in [0.25, 0.3) is 0 Å². The van der Waals surface area contributed by atoms with Crippen molar-refractivity contribution in [1.29, 1.82) is 0 Å². The van der Waals surface area contributed by atoms with Gasteiger partial charge in [0.25, 0.3) is 11.5 Å². The molecule has 136 valence electrons. The highest BCUT2D eigenvalue weighted by atomic mass is 16.2. The summed E-state index contributed by atoms with van der Waals surface area (Å²) in [5.41, 5.74) is 3.76. The molecule has 0 atom stereocenters. The van der Waals surface area contributed by atoms with Crippen molar-refractivity contribution in [3.05, 3.63) is 99.7 Å². The second-order valence-electron chi connectivity index (χ2n) is 6.78. The van der Waals surface area contributed by atoms with Crippen LogP contribution in [0, 0.1) is 0 Å². The molecule has 1 aliphatic rings. The number of fused-ring (bicyclic) bond motifs is 1. The van der Waals surface area contributed by atoms with Crippen molar-refractivity contribution < 1.29 is 4.79 Å². The van der Waals surface area contributed by atoms with Crippen LogP contribution >= 0.6 is 0 Å². The van der Waals surface area contributed by atoms with Gasteiger partial charge in [0.05, 0.1) is 0 Å². The molecule has 0 saturated heterocycles. The van der Waals surface area contributed by atoms with Crippen molar-refractivity contribution >= 4 is 5.91 Å². The van der Waals surface area contributed by atoms with Gasteiger partial charge in [-0.25, -0.2) is 0 Å². The number of nitrogens with zero attached hydrogens (tertiary/aromatic N) is 3. The van der Waals surface area contributed by atoms with Crippen molar-refractivity contribution in [3.8, 4) is 0 Å². The predicted octanol–water partition coefficient (Wildman–Crippen LogP) is 2.68. The number of hydrogen-bond donors (Lipinski definition) is 0. The Morgan fingerprint density at radius 3 is 2.63 bits per heavy atom. The van der Waals surface area contributed by atoms with Gasteiger partial charge in [-0.15, -0.1) is 0 Å². The summed E-state index contributed by atoms with van der Waals surface area (Å²) in [4.78, 5) is 31.0. The number of carbonyl (C=O) groups excluding carboxylic acids is 1. The van der Waals surface area contributed by atoms with E-state index in [-0.39, 0.29) is 11.5 Å². The summed E-state index contributed by atoms with van der Waals surface area (Å²) in [6.07, 6.45) is 5.05.